The molecule has 7 nitrogen and oxygen atoms in total. The van der Waals surface area contributed by atoms with Crippen LogP contribution < -0.4 is 0 Å². The van der Waals surface area contributed by atoms with Gasteiger partial charge in [-0.3, -0.25) is 9.59 Å². The topological polar surface area (TPSA) is 64.0 Å². The Kier molecular flexibility index (Phi) is 11.1. The molecule has 0 spiro atoms. The Morgan fingerprint density at radius 3 is 2.17 bits per heavy atom. The van der Waals surface area contributed by atoms with Crippen molar-refractivity contribution in [3.8, 4) is 0 Å². The third-order valence-corrected chi connectivity index (χ3v) is 5.05. The zero-order chi connectivity index (χ0) is 22.7. The lowest BCUT2D eigenvalue weighted by Gasteiger charge is -2.29. The summed E-state index contributed by atoms with van der Waals surface area (Å²) in [6, 6.07) is 3.95. The molecule has 7 heteroatoms. The molecule has 30 heavy (non-hydrogen) atoms. The van der Waals surface area contributed by atoms with Crippen molar-refractivity contribution < 1.29 is 19.1 Å². The van der Waals surface area contributed by atoms with Gasteiger partial charge in [0.15, 0.2) is 0 Å². The highest BCUT2D eigenvalue weighted by Gasteiger charge is 2.24. The molecule has 2 amide bonds. The maximum absolute atomic E-state index is 13.1. The van der Waals surface area contributed by atoms with E-state index in [2.05, 4.69) is 27.7 Å². The number of rotatable bonds is 13. The summed E-state index contributed by atoms with van der Waals surface area (Å²) < 4.78 is 12.4. The summed E-state index contributed by atoms with van der Waals surface area (Å²) in [5, 5.41) is 0. The third-order valence-electron chi connectivity index (χ3n) is 5.05. The van der Waals surface area contributed by atoms with E-state index in [4.69, 9.17) is 9.47 Å². The molecular formula is C23H41N3O4. The van der Waals surface area contributed by atoms with E-state index in [0.717, 1.165) is 12.1 Å². The van der Waals surface area contributed by atoms with Gasteiger partial charge in [0.05, 0.1) is 26.3 Å². The Morgan fingerprint density at radius 1 is 1.07 bits per heavy atom. The molecule has 0 aromatic carbocycles. The zero-order valence-corrected chi connectivity index (χ0v) is 19.9. The van der Waals surface area contributed by atoms with Crippen LogP contribution in [-0.4, -0.2) is 73.2 Å². The maximum Gasteiger partial charge on any atom is 0.242 e. The normalized spacial score (nSPS) is 12.6. The number of aromatic nitrogens is 1. The van der Waals surface area contributed by atoms with E-state index < -0.39 is 0 Å². The lowest BCUT2D eigenvalue weighted by atomic mass is 9.84. The van der Waals surface area contributed by atoms with Gasteiger partial charge in [0.25, 0.3) is 0 Å². The van der Waals surface area contributed by atoms with Gasteiger partial charge >= 0.3 is 0 Å². The smallest absolute Gasteiger partial charge is 0.242 e. The number of aryl methyl sites for hydroxylation is 1. The van der Waals surface area contributed by atoms with Crippen molar-refractivity contribution in [2.75, 3.05) is 47.1 Å². The highest BCUT2D eigenvalue weighted by molar-refractivity contribution is 5.85. The molecule has 0 saturated carbocycles. The van der Waals surface area contributed by atoms with E-state index in [1.807, 2.05) is 29.9 Å². The standard InChI is InChI=1S/C23H41N3O4/c1-19(16-23(2,3)4)15-21(27)26(12-14-30-7)18-22(28)25(11-13-29-6)17-20-9-8-10-24(20)5/h8-10,19H,11-18H2,1-7H3/t19-/m1/s1. The molecule has 0 bridgehead atoms. The fourth-order valence-electron chi connectivity index (χ4n) is 3.65. The molecule has 0 saturated heterocycles. The molecule has 1 atom stereocenters. The van der Waals surface area contributed by atoms with Crippen LogP contribution in [0.5, 0.6) is 0 Å². The van der Waals surface area contributed by atoms with Crippen LogP contribution in [0.4, 0.5) is 0 Å². The van der Waals surface area contributed by atoms with Gasteiger partial charge in [0, 0.05) is 52.7 Å². The van der Waals surface area contributed by atoms with Gasteiger partial charge in [-0.25, -0.2) is 0 Å². The van der Waals surface area contributed by atoms with E-state index in [1.54, 1.807) is 24.0 Å². The summed E-state index contributed by atoms with van der Waals surface area (Å²) in [5.74, 6) is 0.175. The quantitative estimate of drug-likeness (QED) is 0.489. The second-order valence-corrected chi connectivity index (χ2v) is 9.30. The SMILES string of the molecule is COCCN(CC(=O)N(CCOC)Cc1cccn1C)C(=O)C[C@@H](C)CC(C)(C)C. The fourth-order valence-corrected chi connectivity index (χ4v) is 3.65. The van der Waals surface area contributed by atoms with Crippen LogP contribution in [0.3, 0.4) is 0 Å². The third kappa shape index (κ3) is 9.76. The summed E-state index contributed by atoms with van der Waals surface area (Å²) in [6.07, 6.45) is 3.35. The van der Waals surface area contributed by atoms with E-state index in [1.165, 1.54) is 0 Å². The number of nitrogens with zero attached hydrogens (tertiary/aromatic N) is 3. The number of carbonyl (C=O) groups excluding carboxylic acids is 2. The first-order valence-corrected chi connectivity index (χ1v) is 10.7. The molecule has 0 aliphatic heterocycles. The number of hydrogen-bond donors (Lipinski definition) is 0. The minimum absolute atomic E-state index is 0.00251. The van der Waals surface area contributed by atoms with Gasteiger partial charge in [-0.2, -0.15) is 0 Å². The average molecular weight is 424 g/mol. The second kappa shape index (κ2) is 12.7. The van der Waals surface area contributed by atoms with Crippen molar-refractivity contribution in [3.05, 3.63) is 24.0 Å². The first kappa shape index (κ1) is 26.2. The lowest BCUT2D eigenvalue weighted by Crippen LogP contribution is -2.45. The highest BCUT2D eigenvalue weighted by atomic mass is 16.5. The van der Waals surface area contributed by atoms with E-state index in [0.29, 0.717) is 39.3 Å². The predicted molar refractivity (Wildman–Crippen MR) is 119 cm³/mol. The predicted octanol–water partition coefficient (Wildman–Crippen LogP) is 2.94. The number of ether oxygens (including phenoxy) is 2. The largest absolute Gasteiger partial charge is 0.383 e. The maximum atomic E-state index is 13.1. The minimum Gasteiger partial charge on any atom is -0.383 e. The van der Waals surface area contributed by atoms with Gasteiger partial charge in [-0.1, -0.05) is 27.7 Å². The Morgan fingerprint density at radius 2 is 1.67 bits per heavy atom. The molecular weight excluding hydrogens is 382 g/mol. The molecule has 1 aromatic rings. The van der Waals surface area contributed by atoms with Gasteiger partial charge < -0.3 is 23.8 Å². The van der Waals surface area contributed by atoms with Crippen molar-refractivity contribution >= 4 is 11.8 Å². The average Bonchev–Trinajstić information content (AvgIpc) is 3.04. The van der Waals surface area contributed by atoms with Crippen molar-refractivity contribution in [2.45, 2.75) is 47.1 Å². The molecule has 0 fully saturated rings. The Balaban J connectivity index is 2.83. The van der Waals surface area contributed by atoms with Crippen molar-refractivity contribution in [1.29, 1.82) is 0 Å². The minimum atomic E-state index is -0.0822. The zero-order valence-electron chi connectivity index (χ0n) is 19.9. The summed E-state index contributed by atoms with van der Waals surface area (Å²) in [5.41, 5.74) is 1.20. The van der Waals surface area contributed by atoms with Gasteiger partial charge in [0.2, 0.25) is 11.8 Å². The molecule has 0 aliphatic carbocycles. The van der Waals surface area contributed by atoms with Crippen molar-refractivity contribution in [2.24, 2.45) is 18.4 Å². The van der Waals surface area contributed by atoms with Gasteiger partial charge in [-0.15, -0.1) is 0 Å². The van der Waals surface area contributed by atoms with E-state index in [-0.39, 0.29) is 29.7 Å². The van der Waals surface area contributed by atoms with E-state index >= 15 is 0 Å². The number of hydrogen-bond acceptors (Lipinski definition) is 4. The monoisotopic (exact) mass is 423 g/mol. The Labute approximate surface area is 182 Å². The van der Waals surface area contributed by atoms with Gasteiger partial charge in [-0.05, 0) is 29.9 Å². The van der Waals surface area contributed by atoms with Crippen molar-refractivity contribution in [3.63, 3.8) is 0 Å². The first-order valence-electron chi connectivity index (χ1n) is 10.7. The molecule has 1 heterocycles. The van der Waals surface area contributed by atoms with Crippen LogP contribution in [0.15, 0.2) is 18.3 Å². The molecule has 0 aliphatic rings. The van der Waals surface area contributed by atoms with Crippen LogP contribution in [0, 0.1) is 11.3 Å². The van der Waals surface area contributed by atoms with Crippen LogP contribution >= 0.6 is 0 Å². The molecule has 0 unspecified atom stereocenters. The molecule has 1 rings (SSSR count). The summed E-state index contributed by atoms with van der Waals surface area (Å²) in [6.45, 7) is 10.9. The fraction of sp³-hybridized carbons (Fsp3) is 0.739. The summed E-state index contributed by atoms with van der Waals surface area (Å²) in [4.78, 5) is 29.5. The second-order valence-electron chi connectivity index (χ2n) is 9.30. The van der Waals surface area contributed by atoms with Crippen LogP contribution in [0.1, 0.15) is 46.2 Å². The number of amides is 2. The van der Waals surface area contributed by atoms with Crippen LogP contribution in [0.25, 0.3) is 0 Å². The Hall–Kier alpha value is -1.86. The highest BCUT2D eigenvalue weighted by Crippen LogP contribution is 2.26. The number of carbonyl (C=O) groups is 2. The number of methoxy groups -OCH3 is 2. The molecule has 0 radical (unpaired) electrons. The van der Waals surface area contributed by atoms with Gasteiger partial charge in [0.1, 0.15) is 0 Å². The summed E-state index contributed by atoms with van der Waals surface area (Å²) in [7, 11) is 5.18. The van der Waals surface area contributed by atoms with Crippen LogP contribution in [-0.2, 0) is 32.7 Å². The van der Waals surface area contributed by atoms with E-state index in [9.17, 15) is 9.59 Å². The van der Waals surface area contributed by atoms with Crippen molar-refractivity contribution in [1.82, 2.24) is 14.4 Å². The first-order chi connectivity index (χ1) is 14.1. The molecule has 1 aromatic heterocycles. The summed E-state index contributed by atoms with van der Waals surface area (Å²) >= 11 is 0. The molecule has 0 N–H and O–H groups in total. The Bertz CT molecular complexity index is 651. The molecule has 172 valence electrons. The van der Waals surface area contributed by atoms with Crippen LogP contribution in [0.2, 0.25) is 0 Å². The lowest BCUT2D eigenvalue weighted by molar-refractivity contribution is -0.142.